The Bertz CT molecular complexity index is 404. The van der Waals surface area contributed by atoms with E-state index in [9.17, 15) is 18.0 Å². The molecule has 1 unspecified atom stereocenters. The average Bonchev–Trinajstić information content (AvgIpc) is 2.15. The minimum absolute atomic E-state index is 0.0148. The van der Waals surface area contributed by atoms with Gasteiger partial charge in [-0.15, -0.1) is 0 Å². The molecule has 0 aliphatic carbocycles. The lowest BCUT2D eigenvalue weighted by molar-refractivity contribution is -0.138. The molecule has 17 heavy (non-hydrogen) atoms. The molecular weight excluding hydrogens is 250 g/mol. The first-order valence-electron chi connectivity index (χ1n) is 5.21. The van der Waals surface area contributed by atoms with E-state index in [1.807, 2.05) is 0 Å². The van der Waals surface area contributed by atoms with Crippen LogP contribution in [0.4, 0.5) is 4.79 Å². The Hall–Kier alpha value is -1.31. The number of nitrogens with zero attached hydrogens (tertiary/aromatic N) is 1. The first-order valence-corrected chi connectivity index (χ1v) is 7.03. The maximum absolute atomic E-state index is 11.5. The summed E-state index contributed by atoms with van der Waals surface area (Å²) in [6.07, 6.45) is -1.05. The quantitative estimate of drug-likeness (QED) is 0.753. The highest BCUT2D eigenvalue weighted by Gasteiger charge is 2.36. The molecule has 0 radical (unpaired) electrons. The SMILES string of the molecule is CCOC(=O)N1CCS(=O)(=O)CC1CC(=O)O. The van der Waals surface area contributed by atoms with E-state index in [0.717, 1.165) is 0 Å². The van der Waals surface area contributed by atoms with Crippen molar-refractivity contribution in [3.05, 3.63) is 0 Å². The second-order valence-electron chi connectivity index (χ2n) is 3.76. The van der Waals surface area contributed by atoms with Gasteiger partial charge in [0.1, 0.15) is 0 Å². The van der Waals surface area contributed by atoms with E-state index in [2.05, 4.69) is 0 Å². The third kappa shape index (κ3) is 3.88. The number of ether oxygens (including phenoxy) is 1. The molecule has 0 spiro atoms. The van der Waals surface area contributed by atoms with Crippen LogP contribution < -0.4 is 0 Å². The fourth-order valence-corrected chi connectivity index (χ4v) is 3.23. The van der Waals surface area contributed by atoms with Gasteiger partial charge in [0.15, 0.2) is 9.84 Å². The number of carboxylic acid groups (broad SMARTS) is 1. The average molecular weight is 265 g/mol. The Kier molecular flexibility index (Phi) is 4.33. The summed E-state index contributed by atoms with van der Waals surface area (Å²) in [5.74, 6) is -1.61. The van der Waals surface area contributed by atoms with Crippen LogP contribution in [0.5, 0.6) is 0 Å². The summed E-state index contributed by atoms with van der Waals surface area (Å²) >= 11 is 0. The molecule has 0 aromatic heterocycles. The van der Waals surface area contributed by atoms with Crippen molar-refractivity contribution in [2.75, 3.05) is 24.7 Å². The largest absolute Gasteiger partial charge is 0.481 e. The first-order chi connectivity index (χ1) is 7.85. The van der Waals surface area contributed by atoms with Gasteiger partial charge in [-0.2, -0.15) is 0 Å². The molecule has 0 bridgehead atoms. The Morgan fingerprint density at radius 2 is 2.12 bits per heavy atom. The lowest BCUT2D eigenvalue weighted by atomic mass is 10.2. The molecular formula is C9H15NO6S. The molecule has 1 atom stereocenters. The summed E-state index contributed by atoms with van der Waals surface area (Å²) in [4.78, 5) is 23.3. The number of amides is 1. The summed E-state index contributed by atoms with van der Waals surface area (Å²) < 4.78 is 27.6. The maximum atomic E-state index is 11.5. The number of aliphatic carboxylic acids is 1. The molecule has 1 amide bonds. The normalized spacial score (nSPS) is 23.1. The van der Waals surface area contributed by atoms with Gasteiger partial charge in [-0.1, -0.05) is 0 Å². The van der Waals surface area contributed by atoms with Gasteiger partial charge < -0.3 is 14.7 Å². The van der Waals surface area contributed by atoms with Crippen LogP contribution in [0, 0.1) is 0 Å². The third-order valence-corrected chi connectivity index (χ3v) is 4.14. The van der Waals surface area contributed by atoms with E-state index in [1.165, 1.54) is 4.90 Å². The number of hydrogen-bond donors (Lipinski definition) is 1. The molecule has 7 nitrogen and oxygen atoms in total. The Balaban J connectivity index is 2.80. The van der Waals surface area contributed by atoms with Gasteiger partial charge in [-0.25, -0.2) is 13.2 Å². The van der Waals surface area contributed by atoms with E-state index in [4.69, 9.17) is 9.84 Å². The topological polar surface area (TPSA) is 101 Å². The van der Waals surface area contributed by atoms with Gasteiger partial charge in [-0.3, -0.25) is 4.79 Å². The van der Waals surface area contributed by atoms with Crippen LogP contribution in [0.25, 0.3) is 0 Å². The number of carboxylic acids is 1. The van der Waals surface area contributed by atoms with Gasteiger partial charge in [0.2, 0.25) is 0 Å². The van der Waals surface area contributed by atoms with Crippen LogP contribution in [-0.4, -0.2) is 61.2 Å². The van der Waals surface area contributed by atoms with E-state index < -0.39 is 34.4 Å². The molecule has 1 aliphatic rings. The van der Waals surface area contributed by atoms with Gasteiger partial charge in [0.25, 0.3) is 0 Å². The fourth-order valence-electron chi connectivity index (χ4n) is 1.70. The van der Waals surface area contributed by atoms with Crippen molar-refractivity contribution in [1.29, 1.82) is 0 Å². The molecule has 0 saturated carbocycles. The molecule has 1 aliphatic heterocycles. The zero-order chi connectivity index (χ0) is 13.1. The van der Waals surface area contributed by atoms with Crippen molar-refractivity contribution in [2.45, 2.75) is 19.4 Å². The highest BCUT2D eigenvalue weighted by molar-refractivity contribution is 7.91. The minimum atomic E-state index is -3.27. The van der Waals surface area contributed by atoms with Crippen LogP contribution in [0.15, 0.2) is 0 Å². The smallest absolute Gasteiger partial charge is 0.410 e. The fraction of sp³-hybridized carbons (Fsp3) is 0.778. The van der Waals surface area contributed by atoms with E-state index in [-0.39, 0.29) is 24.7 Å². The highest BCUT2D eigenvalue weighted by atomic mass is 32.2. The summed E-state index contributed by atoms with van der Waals surface area (Å²) in [5.41, 5.74) is 0. The Morgan fingerprint density at radius 3 is 2.65 bits per heavy atom. The van der Waals surface area contributed by atoms with Crippen molar-refractivity contribution in [3.8, 4) is 0 Å². The third-order valence-electron chi connectivity index (χ3n) is 2.44. The summed E-state index contributed by atoms with van der Waals surface area (Å²) in [7, 11) is -3.27. The summed E-state index contributed by atoms with van der Waals surface area (Å²) in [5, 5.41) is 8.69. The van der Waals surface area contributed by atoms with Crippen LogP contribution >= 0.6 is 0 Å². The number of rotatable bonds is 3. The number of carbonyl (C=O) groups is 2. The Morgan fingerprint density at radius 1 is 1.47 bits per heavy atom. The maximum Gasteiger partial charge on any atom is 0.410 e. The lowest BCUT2D eigenvalue weighted by Crippen LogP contribution is -2.52. The zero-order valence-corrected chi connectivity index (χ0v) is 10.3. The molecule has 1 N–H and O–H groups in total. The van der Waals surface area contributed by atoms with Crippen molar-refractivity contribution < 1.29 is 27.9 Å². The van der Waals surface area contributed by atoms with Crippen molar-refractivity contribution >= 4 is 21.9 Å². The lowest BCUT2D eigenvalue weighted by Gasteiger charge is -2.33. The summed E-state index contributed by atoms with van der Waals surface area (Å²) in [6, 6.07) is -0.842. The first kappa shape index (κ1) is 13.8. The van der Waals surface area contributed by atoms with Crippen molar-refractivity contribution in [3.63, 3.8) is 0 Å². The van der Waals surface area contributed by atoms with E-state index in [0.29, 0.717) is 0 Å². The number of hydrogen-bond acceptors (Lipinski definition) is 5. The van der Waals surface area contributed by atoms with Crippen LogP contribution in [0.2, 0.25) is 0 Å². The molecule has 1 heterocycles. The molecule has 98 valence electrons. The van der Waals surface area contributed by atoms with Crippen LogP contribution in [0.3, 0.4) is 0 Å². The van der Waals surface area contributed by atoms with E-state index >= 15 is 0 Å². The van der Waals surface area contributed by atoms with Crippen molar-refractivity contribution in [1.82, 2.24) is 4.90 Å². The molecule has 0 aromatic rings. The number of carbonyl (C=O) groups excluding carboxylic acids is 1. The predicted octanol–water partition coefficient (Wildman–Crippen LogP) is -0.283. The second kappa shape index (κ2) is 5.35. The van der Waals surface area contributed by atoms with Gasteiger partial charge >= 0.3 is 12.1 Å². The summed E-state index contributed by atoms with van der Waals surface area (Å²) in [6.45, 7) is 1.78. The predicted molar refractivity (Wildman–Crippen MR) is 58.4 cm³/mol. The van der Waals surface area contributed by atoms with Crippen LogP contribution in [-0.2, 0) is 19.4 Å². The molecule has 1 fully saturated rings. The zero-order valence-electron chi connectivity index (χ0n) is 9.46. The van der Waals surface area contributed by atoms with Crippen LogP contribution in [0.1, 0.15) is 13.3 Å². The Labute approximate surface area is 99.3 Å². The van der Waals surface area contributed by atoms with Gasteiger partial charge in [0, 0.05) is 6.54 Å². The van der Waals surface area contributed by atoms with Crippen molar-refractivity contribution in [2.24, 2.45) is 0 Å². The minimum Gasteiger partial charge on any atom is -0.481 e. The molecule has 1 rings (SSSR count). The standard InChI is InChI=1S/C9H15NO6S/c1-2-16-9(13)10-3-4-17(14,15)6-7(10)5-8(11)12/h7H,2-6H2,1H3,(H,11,12). The second-order valence-corrected chi connectivity index (χ2v) is 5.99. The molecule has 8 heteroatoms. The molecule has 0 aromatic carbocycles. The highest BCUT2D eigenvalue weighted by Crippen LogP contribution is 2.16. The number of sulfone groups is 1. The monoisotopic (exact) mass is 265 g/mol. The molecule has 1 saturated heterocycles. The van der Waals surface area contributed by atoms with Gasteiger partial charge in [0.05, 0.1) is 30.6 Å². The van der Waals surface area contributed by atoms with E-state index in [1.54, 1.807) is 6.92 Å². The van der Waals surface area contributed by atoms with Gasteiger partial charge in [-0.05, 0) is 6.92 Å².